The minimum absolute atomic E-state index is 0.498. The van der Waals surface area contributed by atoms with Crippen LogP contribution in [0.1, 0.15) is 33.1 Å². The summed E-state index contributed by atoms with van der Waals surface area (Å²) in [6.07, 6.45) is 4.15. The first-order chi connectivity index (χ1) is 6.24. The van der Waals surface area contributed by atoms with Crippen molar-refractivity contribution in [3.63, 3.8) is 0 Å². The Hall–Kier alpha value is -0.0800. The number of rotatable bonds is 6. The van der Waals surface area contributed by atoms with Crippen LogP contribution >= 0.6 is 0 Å². The molecule has 13 heavy (non-hydrogen) atoms. The number of hydrogen-bond donors (Lipinski definition) is 1. The van der Waals surface area contributed by atoms with Gasteiger partial charge in [-0.15, -0.1) is 0 Å². The van der Waals surface area contributed by atoms with E-state index in [9.17, 15) is 0 Å². The van der Waals surface area contributed by atoms with Crippen LogP contribution in [0.2, 0.25) is 0 Å². The minimum Gasteiger partial charge on any atom is -0.381 e. The van der Waals surface area contributed by atoms with Gasteiger partial charge in [-0.1, -0.05) is 6.92 Å². The van der Waals surface area contributed by atoms with Crippen LogP contribution in [-0.4, -0.2) is 25.8 Å². The van der Waals surface area contributed by atoms with Crippen LogP contribution in [-0.2, 0) is 4.74 Å². The molecule has 2 aliphatic carbocycles. The van der Waals surface area contributed by atoms with Crippen molar-refractivity contribution in [3.8, 4) is 0 Å². The predicted octanol–water partition coefficient (Wildman–Crippen LogP) is 1.80. The molecule has 2 unspecified atom stereocenters. The molecule has 76 valence electrons. The molecular weight excluding hydrogens is 162 g/mol. The standard InChI is InChI=1S/C11H21NO/c1-3-13-8-11(2)6-9(11)7-12-10-4-5-10/h9-10,12H,3-8H2,1-2H3. The van der Waals surface area contributed by atoms with Crippen molar-refractivity contribution in [1.29, 1.82) is 0 Å². The minimum atomic E-state index is 0.498. The Morgan fingerprint density at radius 2 is 2.23 bits per heavy atom. The summed E-state index contributed by atoms with van der Waals surface area (Å²) in [7, 11) is 0. The van der Waals surface area contributed by atoms with E-state index in [0.717, 1.165) is 25.2 Å². The average Bonchev–Trinajstić information content (AvgIpc) is 2.97. The fourth-order valence-electron chi connectivity index (χ4n) is 1.93. The summed E-state index contributed by atoms with van der Waals surface area (Å²) >= 11 is 0. The normalized spacial score (nSPS) is 37.8. The molecule has 0 aromatic rings. The topological polar surface area (TPSA) is 21.3 Å². The van der Waals surface area contributed by atoms with E-state index in [0.29, 0.717) is 5.41 Å². The molecular formula is C11H21NO. The smallest absolute Gasteiger partial charge is 0.0522 e. The lowest BCUT2D eigenvalue weighted by Gasteiger charge is -2.11. The Morgan fingerprint density at radius 1 is 1.46 bits per heavy atom. The maximum Gasteiger partial charge on any atom is 0.0522 e. The molecule has 0 radical (unpaired) electrons. The fourth-order valence-corrected chi connectivity index (χ4v) is 1.93. The average molecular weight is 183 g/mol. The largest absolute Gasteiger partial charge is 0.381 e. The number of nitrogens with one attached hydrogen (secondary N) is 1. The molecule has 0 aromatic heterocycles. The zero-order valence-electron chi connectivity index (χ0n) is 8.81. The molecule has 0 aromatic carbocycles. The van der Waals surface area contributed by atoms with E-state index in [1.165, 1.54) is 25.8 Å². The van der Waals surface area contributed by atoms with Crippen LogP contribution in [0.4, 0.5) is 0 Å². The summed E-state index contributed by atoms with van der Waals surface area (Å²) in [4.78, 5) is 0. The number of hydrogen-bond acceptors (Lipinski definition) is 2. The second kappa shape index (κ2) is 3.58. The zero-order valence-corrected chi connectivity index (χ0v) is 8.81. The van der Waals surface area contributed by atoms with Gasteiger partial charge < -0.3 is 10.1 Å². The Labute approximate surface area is 81.0 Å². The van der Waals surface area contributed by atoms with Crippen LogP contribution in [0.3, 0.4) is 0 Å². The molecule has 0 heterocycles. The lowest BCUT2D eigenvalue weighted by atomic mass is 10.1. The molecule has 2 heteroatoms. The molecule has 0 saturated heterocycles. The van der Waals surface area contributed by atoms with E-state index in [-0.39, 0.29) is 0 Å². The third-order valence-corrected chi connectivity index (χ3v) is 3.40. The van der Waals surface area contributed by atoms with Gasteiger partial charge >= 0.3 is 0 Å². The number of ether oxygens (including phenoxy) is 1. The van der Waals surface area contributed by atoms with Gasteiger partial charge in [-0.05, 0) is 44.1 Å². The van der Waals surface area contributed by atoms with Crippen molar-refractivity contribution in [2.24, 2.45) is 11.3 Å². The molecule has 0 aliphatic heterocycles. The highest BCUT2D eigenvalue weighted by Crippen LogP contribution is 2.52. The van der Waals surface area contributed by atoms with Crippen LogP contribution < -0.4 is 5.32 Å². The molecule has 2 rings (SSSR count). The summed E-state index contributed by atoms with van der Waals surface area (Å²) in [5.41, 5.74) is 0.498. The van der Waals surface area contributed by atoms with Gasteiger partial charge in [-0.2, -0.15) is 0 Å². The third-order valence-electron chi connectivity index (χ3n) is 3.40. The van der Waals surface area contributed by atoms with E-state index in [4.69, 9.17) is 4.74 Å². The maximum atomic E-state index is 5.49. The summed E-state index contributed by atoms with van der Waals surface area (Å²) in [6, 6.07) is 0.858. The van der Waals surface area contributed by atoms with Crippen LogP contribution in [0, 0.1) is 11.3 Å². The van der Waals surface area contributed by atoms with Gasteiger partial charge in [0.05, 0.1) is 6.61 Å². The van der Waals surface area contributed by atoms with Gasteiger partial charge in [0.15, 0.2) is 0 Å². The van der Waals surface area contributed by atoms with E-state index in [1.54, 1.807) is 0 Å². The van der Waals surface area contributed by atoms with Crippen molar-refractivity contribution in [2.75, 3.05) is 19.8 Å². The molecule has 2 nitrogen and oxygen atoms in total. The highest BCUT2D eigenvalue weighted by molar-refractivity contribution is 5.00. The Bertz CT molecular complexity index is 179. The van der Waals surface area contributed by atoms with Crippen molar-refractivity contribution in [2.45, 2.75) is 39.2 Å². The van der Waals surface area contributed by atoms with Gasteiger partial charge in [-0.25, -0.2) is 0 Å². The van der Waals surface area contributed by atoms with Crippen molar-refractivity contribution in [1.82, 2.24) is 5.32 Å². The molecule has 2 atom stereocenters. The highest BCUT2D eigenvalue weighted by Gasteiger charge is 2.49. The first-order valence-corrected chi connectivity index (χ1v) is 5.56. The lowest BCUT2D eigenvalue weighted by Crippen LogP contribution is -2.22. The van der Waals surface area contributed by atoms with Crippen molar-refractivity contribution < 1.29 is 4.74 Å². The molecule has 0 spiro atoms. The zero-order chi connectivity index (χ0) is 9.31. The summed E-state index contributed by atoms with van der Waals surface area (Å²) < 4.78 is 5.49. The van der Waals surface area contributed by atoms with E-state index >= 15 is 0 Å². The lowest BCUT2D eigenvalue weighted by molar-refractivity contribution is 0.101. The summed E-state index contributed by atoms with van der Waals surface area (Å²) in [5.74, 6) is 0.875. The van der Waals surface area contributed by atoms with E-state index < -0.39 is 0 Å². The third kappa shape index (κ3) is 2.44. The predicted molar refractivity (Wildman–Crippen MR) is 53.7 cm³/mol. The van der Waals surface area contributed by atoms with Crippen LogP contribution in [0.15, 0.2) is 0 Å². The van der Waals surface area contributed by atoms with Gasteiger partial charge in [0.25, 0.3) is 0 Å². The Kier molecular flexibility index (Phi) is 2.61. The van der Waals surface area contributed by atoms with Gasteiger partial charge in [0.1, 0.15) is 0 Å². The Balaban J connectivity index is 1.60. The first kappa shape index (κ1) is 9.47. The van der Waals surface area contributed by atoms with Gasteiger partial charge in [0.2, 0.25) is 0 Å². The second-order valence-electron chi connectivity index (χ2n) is 4.87. The van der Waals surface area contributed by atoms with Gasteiger partial charge in [-0.3, -0.25) is 0 Å². The van der Waals surface area contributed by atoms with Crippen LogP contribution in [0.25, 0.3) is 0 Å². The second-order valence-corrected chi connectivity index (χ2v) is 4.87. The Morgan fingerprint density at radius 3 is 2.85 bits per heavy atom. The molecule has 2 saturated carbocycles. The van der Waals surface area contributed by atoms with Crippen molar-refractivity contribution >= 4 is 0 Å². The molecule has 2 aliphatic rings. The molecule has 0 bridgehead atoms. The van der Waals surface area contributed by atoms with E-state index in [1.807, 2.05) is 0 Å². The summed E-state index contributed by atoms with van der Waals surface area (Å²) in [6.45, 7) is 7.46. The van der Waals surface area contributed by atoms with Crippen LogP contribution in [0.5, 0.6) is 0 Å². The maximum absolute atomic E-state index is 5.49. The first-order valence-electron chi connectivity index (χ1n) is 5.56. The molecule has 2 fully saturated rings. The monoisotopic (exact) mass is 183 g/mol. The van der Waals surface area contributed by atoms with Crippen molar-refractivity contribution in [3.05, 3.63) is 0 Å². The SMILES string of the molecule is CCOCC1(C)CC1CNC1CC1. The quantitative estimate of drug-likeness (QED) is 0.678. The molecule has 1 N–H and O–H groups in total. The highest BCUT2D eigenvalue weighted by atomic mass is 16.5. The fraction of sp³-hybridized carbons (Fsp3) is 1.00. The van der Waals surface area contributed by atoms with E-state index in [2.05, 4.69) is 19.2 Å². The summed E-state index contributed by atoms with van der Waals surface area (Å²) in [5, 5.41) is 3.59. The molecule has 0 amide bonds. The van der Waals surface area contributed by atoms with Gasteiger partial charge in [0, 0.05) is 12.6 Å².